The zero-order chi connectivity index (χ0) is 16.1. The first-order valence-corrected chi connectivity index (χ1v) is 7.57. The lowest BCUT2D eigenvalue weighted by molar-refractivity contribution is 0.0465. The van der Waals surface area contributed by atoms with Gasteiger partial charge in [-0.3, -0.25) is 0 Å². The van der Waals surface area contributed by atoms with Crippen molar-refractivity contribution in [3.63, 3.8) is 0 Å². The summed E-state index contributed by atoms with van der Waals surface area (Å²) < 4.78 is 11.2. The number of fused-ring (bicyclic) bond motifs is 4. The molecule has 4 heteroatoms. The number of ether oxygens (including phenoxy) is 2. The Labute approximate surface area is 133 Å². The largest absolute Gasteiger partial charge is 0.494 e. The number of rotatable bonds is 2. The van der Waals surface area contributed by atoms with Gasteiger partial charge in [-0.15, -0.1) is 0 Å². The highest BCUT2D eigenvalue weighted by atomic mass is 16.6. The van der Waals surface area contributed by atoms with Gasteiger partial charge in [-0.2, -0.15) is 0 Å². The van der Waals surface area contributed by atoms with E-state index in [0.717, 1.165) is 32.9 Å². The van der Waals surface area contributed by atoms with Crippen molar-refractivity contribution in [2.45, 2.75) is 20.0 Å². The van der Waals surface area contributed by atoms with E-state index in [9.17, 15) is 4.79 Å². The molecule has 1 aromatic heterocycles. The molecule has 1 aliphatic rings. The van der Waals surface area contributed by atoms with E-state index in [4.69, 9.17) is 9.47 Å². The topological polar surface area (TPSA) is 51.3 Å². The Bertz CT molecular complexity index is 977. The van der Waals surface area contributed by atoms with Gasteiger partial charge in [0.2, 0.25) is 0 Å². The molecular formula is C19H17NO3. The molecule has 1 N–H and O–H groups in total. The van der Waals surface area contributed by atoms with Crippen LogP contribution in [0, 0.1) is 0 Å². The summed E-state index contributed by atoms with van der Waals surface area (Å²) in [6.45, 7) is 3.97. The van der Waals surface area contributed by atoms with E-state index >= 15 is 0 Å². The molecule has 1 aliphatic heterocycles. The van der Waals surface area contributed by atoms with E-state index in [0.29, 0.717) is 11.3 Å². The normalized spacial score (nSPS) is 16.5. The van der Waals surface area contributed by atoms with Crippen molar-refractivity contribution < 1.29 is 14.3 Å². The van der Waals surface area contributed by atoms with E-state index < -0.39 is 6.10 Å². The Morgan fingerprint density at radius 2 is 2.04 bits per heavy atom. The maximum absolute atomic E-state index is 12.3. The molecule has 0 saturated heterocycles. The number of carbonyl (C=O) groups excluding carboxylic acids is 1. The summed E-state index contributed by atoms with van der Waals surface area (Å²) in [6.07, 6.45) is 1.55. The second-order valence-electron chi connectivity index (χ2n) is 6.03. The highest BCUT2D eigenvalue weighted by molar-refractivity contribution is 6.13. The fraction of sp³-hybridized carbons (Fsp3) is 0.211. The minimum Gasteiger partial charge on any atom is -0.494 e. The van der Waals surface area contributed by atoms with Gasteiger partial charge in [0.1, 0.15) is 0 Å². The third-order valence-corrected chi connectivity index (χ3v) is 4.22. The van der Waals surface area contributed by atoms with Crippen LogP contribution >= 0.6 is 0 Å². The van der Waals surface area contributed by atoms with E-state index in [1.165, 1.54) is 0 Å². The van der Waals surface area contributed by atoms with E-state index in [2.05, 4.69) is 4.98 Å². The Hall–Kier alpha value is -2.75. The molecular weight excluding hydrogens is 290 g/mol. The first kappa shape index (κ1) is 13.9. The number of allylic oxidation sites excluding steroid dienone is 1. The first-order chi connectivity index (χ1) is 11.1. The third-order valence-electron chi connectivity index (χ3n) is 4.22. The number of aromatic nitrogens is 1. The zero-order valence-corrected chi connectivity index (χ0v) is 13.3. The quantitative estimate of drug-likeness (QED) is 0.560. The summed E-state index contributed by atoms with van der Waals surface area (Å²) in [5.41, 5.74) is 4.41. The number of nitrogens with one attached hydrogen (secondary N) is 1. The number of hydrogen-bond donors (Lipinski definition) is 1. The van der Waals surface area contributed by atoms with Crippen molar-refractivity contribution in [3.05, 3.63) is 53.1 Å². The van der Waals surface area contributed by atoms with Crippen molar-refractivity contribution in [3.8, 4) is 5.75 Å². The van der Waals surface area contributed by atoms with Crippen LogP contribution in [0.3, 0.4) is 0 Å². The smallest absolute Gasteiger partial charge is 0.339 e. The zero-order valence-electron chi connectivity index (χ0n) is 13.3. The average molecular weight is 307 g/mol. The van der Waals surface area contributed by atoms with Gasteiger partial charge in [-0.1, -0.05) is 23.8 Å². The van der Waals surface area contributed by atoms with Crippen LogP contribution in [0.4, 0.5) is 0 Å². The average Bonchev–Trinajstić information content (AvgIpc) is 3.03. The number of methoxy groups -OCH3 is 1. The highest BCUT2D eigenvalue weighted by Gasteiger charge is 2.35. The van der Waals surface area contributed by atoms with Crippen LogP contribution in [-0.2, 0) is 4.74 Å². The molecule has 4 rings (SSSR count). The summed E-state index contributed by atoms with van der Waals surface area (Å²) in [4.78, 5) is 15.7. The van der Waals surface area contributed by atoms with Crippen molar-refractivity contribution in [2.24, 2.45) is 0 Å². The summed E-state index contributed by atoms with van der Waals surface area (Å²) in [5, 5.41) is 2.05. The fourth-order valence-corrected chi connectivity index (χ4v) is 3.29. The number of hydrogen-bond acceptors (Lipinski definition) is 3. The summed E-state index contributed by atoms with van der Waals surface area (Å²) in [5.74, 6) is 0.384. The molecule has 0 aliphatic carbocycles. The molecule has 0 unspecified atom stereocenters. The van der Waals surface area contributed by atoms with Gasteiger partial charge in [0.15, 0.2) is 11.9 Å². The molecule has 0 radical (unpaired) electrons. The predicted molar refractivity (Wildman–Crippen MR) is 89.9 cm³/mol. The predicted octanol–water partition coefficient (Wildman–Crippen LogP) is 4.51. The summed E-state index contributed by atoms with van der Waals surface area (Å²) in [7, 11) is 1.63. The number of aromatic amines is 1. The number of H-pyrrole nitrogens is 1. The lowest BCUT2D eigenvalue weighted by Gasteiger charge is -2.11. The molecule has 2 heterocycles. The highest BCUT2D eigenvalue weighted by Crippen LogP contribution is 2.44. The number of carbonyl (C=O) groups is 1. The molecule has 0 bridgehead atoms. The van der Waals surface area contributed by atoms with Gasteiger partial charge in [0.25, 0.3) is 0 Å². The molecule has 0 amide bonds. The minimum atomic E-state index is -0.395. The van der Waals surface area contributed by atoms with Gasteiger partial charge >= 0.3 is 5.97 Å². The maximum atomic E-state index is 12.3. The van der Waals surface area contributed by atoms with Crippen LogP contribution in [0.2, 0.25) is 0 Å². The SMILES string of the molecule is COc1c2c(cc3c1[nH]c1ccccc13)C(=O)O[C@H]2C=C(C)C. The van der Waals surface area contributed by atoms with Crippen LogP contribution in [-0.4, -0.2) is 18.1 Å². The lowest BCUT2D eigenvalue weighted by Crippen LogP contribution is -1.98. The fourth-order valence-electron chi connectivity index (χ4n) is 3.29. The molecule has 4 nitrogen and oxygen atoms in total. The van der Waals surface area contributed by atoms with Crippen LogP contribution < -0.4 is 4.74 Å². The molecule has 0 spiro atoms. The van der Waals surface area contributed by atoms with Gasteiger partial charge in [-0.25, -0.2) is 4.79 Å². The second-order valence-corrected chi connectivity index (χ2v) is 6.03. The number of para-hydroxylation sites is 1. The summed E-state index contributed by atoms with van der Waals surface area (Å²) in [6, 6.07) is 9.94. The first-order valence-electron chi connectivity index (χ1n) is 7.57. The Balaban J connectivity index is 2.11. The molecule has 1 atom stereocenters. The van der Waals surface area contributed by atoms with Crippen molar-refractivity contribution in [2.75, 3.05) is 7.11 Å². The molecule has 0 fully saturated rings. The van der Waals surface area contributed by atoms with Crippen LogP contribution in [0.15, 0.2) is 42.0 Å². The van der Waals surface area contributed by atoms with Gasteiger partial charge < -0.3 is 14.5 Å². The minimum absolute atomic E-state index is 0.298. The van der Waals surface area contributed by atoms with Gasteiger partial charge in [0.05, 0.1) is 23.8 Å². The van der Waals surface area contributed by atoms with Crippen molar-refractivity contribution in [1.29, 1.82) is 0 Å². The molecule has 0 saturated carbocycles. The van der Waals surface area contributed by atoms with Crippen molar-refractivity contribution in [1.82, 2.24) is 4.98 Å². The van der Waals surface area contributed by atoms with Gasteiger partial charge in [-0.05, 0) is 32.1 Å². The number of esters is 1. The Kier molecular flexibility index (Phi) is 2.94. The standard InChI is InChI=1S/C19H17NO3/c1-10(2)8-15-16-13(19(21)23-15)9-12-11-6-4-5-7-14(11)20-17(12)18(16)22-3/h4-9,15,20H,1-3H3/t15-/m0/s1. The van der Waals surface area contributed by atoms with Gasteiger partial charge in [0, 0.05) is 16.3 Å². The summed E-state index contributed by atoms with van der Waals surface area (Å²) >= 11 is 0. The van der Waals surface area contributed by atoms with Crippen molar-refractivity contribution >= 4 is 27.8 Å². The molecule has 116 valence electrons. The molecule has 3 aromatic rings. The maximum Gasteiger partial charge on any atom is 0.339 e. The van der Waals surface area contributed by atoms with Crippen LogP contribution in [0.1, 0.15) is 35.9 Å². The number of cyclic esters (lactones) is 1. The lowest BCUT2D eigenvalue weighted by atomic mass is 9.99. The molecule has 23 heavy (non-hydrogen) atoms. The third kappa shape index (κ3) is 1.95. The van der Waals surface area contributed by atoms with E-state index in [-0.39, 0.29) is 5.97 Å². The number of benzene rings is 2. The second kappa shape index (κ2) is 4.88. The Morgan fingerprint density at radius 3 is 2.78 bits per heavy atom. The van der Waals surface area contributed by atoms with E-state index in [1.54, 1.807) is 7.11 Å². The van der Waals surface area contributed by atoms with E-state index in [1.807, 2.05) is 50.3 Å². The Morgan fingerprint density at radius 1 is 1.26 bits per heavy atom. The molecule has 2 aromatic carbocycles. The van der Waals surface area contributed by atoms with Crippen LogP contribution in [0.5, 0.6) is 5.75 Å². The van der Waals surface area contributed by atoms with Crippen LogP contribution in [0.25, 0.3) is 21.8 Å². The monoisotopic (exact) mass is 307 g/mol.